The molecule has 1 heterocycles. The van der Waals surface area contributed by atoms with E-state index in [1.54, 1.807) is 11.9 Å². The van der Waals surface area contributed by atoms with E-state index in [-0.39, 0.29) is 17.9 Å². The van der Waals surface area contributed by atoms with Gasteiger partial charge in [0.25, 0.3) is 5.56 Å². The summed E-state index contributed by atoms with van der Waals surface area (Å²) in [5.74, 6) is 0.215. The molecule has 7 nitrogen and oxygen atoms in total. The van der Waals surface area contributed by atoms with Crippen LogP contribution >= 0.6 is 0 Å². The number of H-pyrrole nitrogens is 2. The average molecular weight is 239 g/mol. The fourth-order valence-corrected chi connectivity index (χ4v) is 2.36. The number of likely N-dealkylation sites (N-methyl/N-ethyl adjacent to an activating group) is 1. The third-order valence-electron chi connectivity index (χ3n) is 3.31. The highest BCUT2D eigenvalue weighted by atomic mass is 16.2. The maximum absolute atomic E-state index is 11.6. The molecule has 2 atom stereocenters. The summed E-state index contributed by atoms with van der Waals surface area (Å²) in [4.78, 5) is 26.4. The van der Waals surface area contributed by atoms with Crippen LogP contribution in [0.1, 0.15) is 25.7 Å². The molecule has 0 aliphatic heterocycles. The Kier molecular flexibility index (Phi) is 3.28. The van der Waals surface area contributed by atoms with E-state index in [0.717, 1.165) is 25.7 Å². The molecule has 0 bridgehead atoms. The quantitative estimate of drug-likeness (QED) is 0.624. The number of nitrogens with one attached hydrogen (secondary N) is 2. The van der Waals surface area contributed by atoms with Crippen LogP contribution in [0.4, 0.5) is 5.82 Å². The van der Waals surface area contributed by atoms with Crippen LogP contribution in [0.15, 0.2) is 9.59 Å². The van der Waals surface area contributed by atoms with Gasteiger partial charge in [-0.25, -0.2) is 9.89 Å². The largest absolute Gasteiger partial charge is 0.349 e. The highest BCUT2D eigenvalue weighted by Gasteiger charge is 2.27. The first-order valence-corrected chi connectivity index (χ1v) is 5.77. The number of hydrogen-bond donors (Lipinski definition) is 3. The number of anilines is 1. The molecule has 4 N–H and O–H groups in total. The van der Waals surface area contributed by atoms with Crippen LogP contribution in [0.25, 0.3) is 0 Å². The fraction of sp³-hybridized carbons (Fsp3) is 0.700. The van der Waals surface area contributed by atoms with Gasteiger partial charge in [-0.1, -0.05) is 12.8 Å². The molecule has 2 unspecified atom stereocenters. The Morgan fingerprint density at radius 1 is 1.35 bits per heavy atom. The second-order valence-electron chi connectivity index (χ2n) is 4.46. The van der Waals surface area contributed by atoms with Gasteiger partial charge in [0.05, 0.1) is 0 Å². The first-order valence-electron chi connectivity index (χ1n) is 5.77. The lowest BCUT2D eigenvalue weighted by Gasteiger charge is -2.35. The lowest BCUT2D eigenvalue weighted by molar-refractivity contribution is 0.371. The molecule has 2 rings (SSSR count). The highest BCUT2D eigenvalue weighted by molar-refractivity contribution is 5.35. The Morgan fingerprint density at radius 3 is 2.71 bits per heavy atom. The van der Waals surface area contributed by atoms with Crippen LogP contribution in [-0.4, -0.2) is 34.3 Å². The van der Waals surface area contributed by atoms with Crippen LogP contribution < -0.4 is 21.9 Å². The highest BCUT2D eigenvalue weighted by Crippen LogP contribution is 2.22. The summed E-state index contributed by atoms with van der Waals surface area (Å²) in [6.07, 6.45) is 4.12. The Hall–Kier alpha value is -1.63. The van der Waals surface area contributed by atoms with Gasteiger partial charge in [0, 0.05) is 19.1 Å². The summed E-state index contributed by atoms with van der Waals surface area (Å²) in [7, 11) is 1.78. The van der Waals surface area contributed by atoms with Gasteiger partial charge in [-0.2, -0.15) is 0 Å². The lowest BCUT2D eigenvalue weighted by atomic mass is 9.90. The molecule has 0 spiro atoms. The van der Waals surface area contributed by atoms with Gasteiger partial charge in [0.2, 0.25) is 5.82 Å². The summed E-state index contributed by atoms with van der Waals surface area (Å²) in [5, 5.41) is 6.01. The fourth-order valence-electron chi connectivity index (χ4n) is 2.36. The summed E-state index contributed by atoms with van der Waals surface area (Å²) in [5.41, 5.74) is 4.97. The molecule has 7 heteroatoms. The first-order chi connectivity index (χ1) is 8.09. The van der Waals surface area contributed by atoms with Crippen LogP contribution in [0.5, 0.6) is 0 Å². The Labute approximate surface area is 98.0 Å². The second-order valence-corrected chi connectivity index (χ2v) is 4.46. The molecule has 0 radical (unpaired) electrons. The van der Waals surface area contributed by atoms with E-state index >= 15 is 0 Å². The van der Waals surface area contributed by atoms with Crippen LogP contribution in [0.2, 0.25) is 0 Å². The zero-order valence-corrected chi connectivity index (χ0v) is 9.77. The molecule has 1 aliphatic carbocycles. The minimum Gasteiger partial charge on any atom is -0.349 e. The number of rotatable bonds is 2. The summed E-state index contributed by atoms with van der Waals surface area (Å²) >= 11 is 0. The van der Waals surface area contributed by atoms with Gasteiger partial charge >= 0.3 is 5.69 Å². The molecule has 1 saturated carbocycles. The molecule has 94 valence electrons. The van der Waals surface area contributed by atoms with Crippen LogP contribution in [-0.2, 0) is 0 Å². The zero-order valence-electron chi connectivity index (χ0n) is 9.77. The number of aromatic amines is 2. The maximum atomic E-state index is 11.6. The van der Waals surface area contributed by atoms with E-state index in [2.05, 4.69) is 15.2 Å². The minimum absolute atomic E-state index is 0.0434. The molecule has 0 amide bonds. The summed E-state index contributed by atoms with van der Waals surface area (Å²) < 4.78 is 0. The van der Waals surface area contributed by atoms with Crippen molar-refractivity contribution in [3.63, 3.8) is 0 Å². The zero-order chi connectivity index (χ0) is 12.4. The van der Waals surface area contributed by atoms with Crippen molar-refractivity contribution < 1.29 is 0 Å². The molecular formula is C10H17N5O2. The SMILES string of the molecule is CN(c1n[nH]c(=O)[nH]c1=O)C1CCCCC1N. The predicted molar refractivity (Wildman–Crippen MR) is 64.1 cm³/mol. The van der Waals surface area contributed by atoms with Gasteiger partial charge < -0.3 is 10.6 Å². The van der Waals surface area contributed by atoms with Crippen molar-refractivity contribution in [2.45, 2.75) is 37.8 Å². The van der Waals surface area contributed by atoms with Gasteiger partial charge in [-0.3, -0.25) is 9.78 Å². The van der Waals surface area contributed by atoms with Crippen molar-refractivity contribution in [1.82, 2.24) is 15.2 Å². The number of nitrogens with two attached hydrogens (primary N) is 1. The van der Waals surface area contributed by atoms with Gasteiger partial charge in [0.15, 0.2) is 0 Å². The Bertz CT molecular complexity index is 494. The van der Waals surface area contributed by atoms with Crippen molar-refractivity contribution in [2.75, 3.05) is 11.9 Å². The van der Waals surface area contributed by atoms with E-state index in [9.17, 15) is 9.59 Å². The standard InChI is InChI=1S/C10H17N5O2/c1-15(7-5-3-2-4-6(7)11)8-9(16)12-10(17)14-13-8/h6-7H,2-5,11H2,1H3,(H2,12,14,16,17). The van der Waals surface area contributed by atoms with E-state index in [4.69, 9.17) is 5.73 Å². The number of aromatic nitrogens is 3. The molecule has 1 aromatic rings. The summed E-state index contributed by atoms with van der Waals surface area (Å²) in [6.45, 7) is 0. The summed E-state index contributed by atoms with van der Waals surface area (Å²) in [6, 6.07) is 0.144. The van der Waals surface area contributed by atoms with E-state index < -0.39 is 11.2 Å². The number of hydrogen-bond acceptors (Lipinski definition) is 5. The first kappa shape index (κ1) is 11.8. The van der Waals surface area contributed by atoms with Gasteiger partial charge in [-0.05, 0) is 12.8 Å². The van der Waals surface area contributed by atoms with E-state index in [1.807, 2.05) is 0 Å². The number of nitrogens with zero attached hydrogens (tertiary/aromatic N) is 2. The maximum Gasteiger partial charge on any atom is 0.342 e. The molecule has 1 aliphatic rings. The second kappa shape index (κ2) is 4.70. The Balaban J connectivity index is 2.26. The van der Waals surface area contributed by atoms with Gasteiger partial charge in [-0.15, -0.1) is 5.10 Å². The third-order valence-corrected chi connectivity index (χ3v) is 3.31. The van der Waals surface area contributed by atoms with Crippen molar-refractivity contribution in [2.24, 2.45) is 5.73 Å². The van der Waals surface area contributed by atoms with E-state index in [1.165, 1.54) is 0 Å². The van der Waals surface area contributed by atoms with Crippen molar-refractivity contribution in [1.29, 1.82) is 0 Å². The molecule has 17 heavy (non-hydrogen) atoms. The molecule has 0 saturated heterocycles. The normalized spacial score (nSPS) is 24.6. The van der Waals surface area contributed by atoms with Crippen molar-refractivity contribution in [3.05, 3.63) is 20.8 Å². The average Bonchev–Trinajstić information content (AvgIpc) is 2.29. The lowest BCUT2D eigenvalue weighted by Crippen LogP contribution is -2.50. The van der Waals surface area contributed by atoms with Gasteiger partial charge in [0.1, 0.15) is 0 Å². The molecule has 1 fully saturated rings. The smallest absolute Gasteiger partial charge is 0.342 e. The van der Waals surface area contributed by atoms with Crippen molar-refractivity contribution in [3.8, 4) is 0 Å². The van der Waals surface area contributed by atoms with E-state index in [0.29, 0.717) is 0 Å². The minimum atomic E-state index is -0.597. The molecular weight excluding hydrogens is 222 g/mol. The monoisotopic (exact) mass is 239 g/mol. The third kappa shape index (κ3) is 2.38. The topological polar surface area (TPSA) is 108 Å². The van der Waals surface area contributed by atoms with Crippen LogP contribution in [0, 0.1) is 0 Å². The Morgan fingerprint density at radius 2 is 2.06 bits per heavy atom. The van der Waals surface area contributed by atoms with Crippen molar-refractivity contribution >= 4 is 5.82 Å². The van der Waals surface area contributed by atoms with Crippen LogP contribution in [0.3, 0.4) is 0 Å². The molecule has 1 aromatic heterocycles. The predicted octanol–water partition coefficient (Wildman–Crippen LogP) is -0.836. The molecule has 0 aromatic carbocycles.